The van der Waals surface area contributed by atoms with Crippen molar-refractivity contribution in [1.82, 2.24) is 14.1 Å². The summed E-state index contributed by atoms with van der Waals surface area (Å²) < 4.78 is 4.04. The Morgan fingerprint density at radius 2 is 2.17 bits per heavy atom. The highest BCUT2D eigenvalue weighted by atomic mass is 16.3. The summed E-state index contributed by atoms with van der Waals surface area (Å²) >= 11 is 0. The van der Waals surface area contributed by atoms with Gasteiger partial charge < -0.3 is 14.2 Å². The predicted molar refractivity (Wildman–Crippen MR) is 65.6 cm³/mol. The first-order valence-electron chi connectivity index (χ1n) is 6.24. The Morgan fingerprint density at radius 1 is 1.33 bits per heavy atom. The molecule has 0 unspecified atom stereocenters. The number of imidazole rings is 1. The van der Waals surface area contributed by atoms with Crippen LogP contribution in [0.3, 0.4) is 0 Å². The lowest BCUT2D eigenvalue weighted by molar-refractivity contribution is 0.451. The average molecular weight is 243 g/mol. The molecule has 1 N–H and O–H groups in total. The van der Waals surface area contributed by atoms with Crippen LogP contribution in [-0.2, 0) is 13.1 Å². The van der Waals surface area contributed by atoms with Crippen molar-refractivity contribution in [3.63, 3.8) is 0 Å². The van der Waals surface area contributed by atoms with Crippen LogP contribution >= 0.6 is 0 Å². The minimum atomic E-state index is -0.342. The number of hydrogen-bond acceptors (Lipinski definition) is 3. The Labute approximate surface area is 103 Å². The summed E-state index contributed by atoms with van der Waals surface area (Å²) in [6.07, 6.45) is 6.06. The van der Waals surface area contributed by atoms with Crippen molar-refractivity contribution in [1.29, 1.82) is 0 Å². The van der Waals surface area contributed by atoms with Gasteiger partial charge in [-0.2, -0.15) is 0 Å². The Bertz CT molecular complexity index is 695. The van der Waals surface area contributed by atoms with Gasteiger partial charge in [-0.3, -0.25) is 4.79 Å². The van der Waals surface area contributed by atoms with Crippen molar-refractivity contribution in [3.8, 4) is 17.3 Å². The molecule has 0 saturated heterocycles. The van der Waals surface area contributed by atoms with Gasteiger partial charge in [0.1, 0.15) is 5.69 Å². The van der Waals surface area contributed by atoms with E-state index in [-0.39, 0.29) is 11.2 Å². The molecule has 0 spiro atoms. The molecule has 1 saturated carbocycles. The molecule has 92 valence electrons. The lowest BCUT2D eigenvalue weighted by atomic mass is 10.2. The summed E-state index contributed by atoms with van der Waals surface area (Å²) in [6.45, 7) is 1.63. The summed E-state index contributed by atoms with van der Waals surface area (Å²) in [5.41, 5.74) is 1.46. The number of aromatic hydroxyl groups is 1. The van der Waals surface area contributed by atoms with Gasteiger partial charge in [0, 0.05) is 43.2 Å². The van der Waals surface area contributed by atoms with Crippen molar-refractivity contribution in [2.24, 2.45) is 0 Å². The zero-order valence-corrected chi connectivity index (χ0v) is 9.83. The van der Waals surface area contributed by atoms with Gasteiger partial charge in [-0.25, -0.2) is 4.98 Å². The van der Waals surface area contributed by atoms with E-state index < -0.39 is 0 Å². The van der Waals surface area contributed by atoms with E-state index in [2.05, 4.69) is 9.55 Å². The third-order valence-electron chi connectivity index (χ3n) is 3.81. The number of aromatic nitrogens is 3. The Morgan fingerprint density at radius 3 is 2.94 bits per heavy atom. The summed E-state index contributed by atoms with van der Waals surface area (Å²) in [6, 6.07) is 1.40. The van der Waals surface area contributed by atoms with E-state index in [0.29, 0.717) is 11.6 Å². The molecule has 2 aliphatic rings. The molecule has 5 heteroatoms. The largest absolute Gasteiger partial charge is 0.503 e. The number of fused-ring (bicyclic) bond motifs is 3. The average Bonchev–Trinajstić information content (AvgIpc) is 3.13. The third kappa shape index (κ3) is 1.21. The van der Waals surface area contributed by atoms with Crippen molar-refractivity contribution < 1.29 is 5.11 Å². The lowest BCUT2D eigenvalue weighted by Gasteiger charge is -2.22. The fourth-order valence-electron chi connectivity index (χ4n) is 2.71. The molecular weight excluding hydrogens is 230 g/mol. The van der Waals surface area contributed by atoms with Gasteiger partial charge >= 0.3 is 0 Å². The minimum absolute atomic E-state index is 0.189. The van der Waals surface area contributed by atoms with Gasteiger partial charge in [-0.1, -0.05) is 0 Å². The molecule has 5 nitrogen and oxygen atoms in total. The topological polar surface area (TPSA) is 60.1 Å². The number of aryl methyl sites for hydroxylation is 1. The van der Waals surface area contributed by atoms with Gasteiger partial charge in [0.05, 0.1) is 0 Å². The van der Waals surface area contributed by atoms with E-state index in [1.807, 2.05) is 10.8 Å². The van der Waals surface area contributed by atoms with Gasteiger partial charge in [0.25, 0.3) is 0 Å². The monoisotopic (exact) mass is 243 g/mol. The minimum Gasteiger partial charge on any atom is -0.503 e. The van der Waals surface area contributed by atoms with Crippen LogP contribution in [0.1, 0.15) is 24.5 Å². The normalized spacial score (nSPS) is 17.3. The highest BCUT2D eigenvalue weighted by Gasteiger charge is 2.31. The van der Waals surface area contributed by atoms with E-state index in [9.17, 15) is 9.90 Å². The van der Waals surface area contributed by atoms with E-state index >= 15 is 0 Å². The molecule has 2 aromatic rings. The predicted octanol–water partition coefficient (Wildman–Crippen LogP) is 1.31. The van der Waals surface area contributed by atoms with Crippen LogP contribution < -0.4 is 5.43 Å². The second-order valence-electron chi connectivity index (χ2n) is 5.00. The summed E-state index contributed by atoms with van der Waals surface area (Å²) in [5.74, 6) is 1.15. The van der Waals surface area contributed by atoms with Gasteiger partial charge in [0.2, 0.25) is 5.43 Å². The van der Waals surface area contributed by atoms with E-state index in [1.165, 1.54) is 24.6 Å². The van der Waals surface area contributed by atoms with Crippen molar-refractivity contribution in [2.45, 2.75) is 31.8 Å². The summed E-state index contributed by atoms with van der Waals surface area (Å²) in [4.78, 5) is 16.0. The highest BCUT2D eigenvalue weighted by molar-refractivity contribution is 5.61. The second-order valence-corrected chi connectivity index (χ2v) is 5.00. The molecular formula is C13H13N3O2. The van der Waals surface area contributed by atoms with Gasteiger partial charge in [-0.05, 0) is 12.8 Å². The Balaban J connectivity index is 1.99. The van der Waals surface area contributed by atoms with Crippen LogP contribution in [0.4, 0.5) is 0 Å². The van der Waals surface area contributed by atoms with Crippen LogP contribution in [0.25, 0.3) is 11.5 Å². The van der Waals surface area contributed by atoms with Crippen LogP contribution in [0.2, 0.25) is 0 Å². The lowest BCUT2D eigenvalue weighted by Crippen LogP contribution is -2.21. The summed E-state index contributed by atoms with van der Waals surface area (Å²) in [5, 5.41) is 9.97. The summed E-state index contributed by atoms with van der Waals surface area (Å²) in [7, 11) is 0. The number of hydrogen-bond donors (Lipinski definition) is 1. The number of nitrogens with zero attached hydrogens (tertiary/aromatic N) is 3. The van der Waals surface area contributed by atoms with Crippen molar-refractivity contribution in [3.05, 3.63) is 34.4 Å². The molecule has 4 rings (SSSR count). The first kappa shape index (κ1) is 9.94. The van der Waals surface area contributed by atoms with Gasteiger partial charge in [0.15, 0.2) is 11.6 Å². The molecule has 1 aliphatic heterocycles. The van der Waals surface area contributed by atoms with Crippen LogP contribution in [0.15, 0.2) is 23.3 Å². The standard InChI is InChI=1S/C13H13N3O2/c17-10-3-4-15-5-6-16-9(8-1-2-8)7-14-13(16)11(15)12(10)18/h3-4,7-8,18H,1-2,5-6H2. The van der Waals surface area contributed by atoms with E-state index in [1.54, 1.807) is 6.20 Å². The molecule has 0 radical (unpaired) electrons. The first-order chi connectivity index (χ1) is 8.75. The molecule has 0 aromatic carbocycles. The Kier molecular flexibility index (Phi) is 1.79. The Hall–Kier alpha value is -2.04. The quantitative estimate of drug-likeness (QED) is 0.821. The third-order valence-corrected chi connectivity index (χ3v) is 3.81. The maximum absolute atomic E-state index is 11.6. The fraction of sp³-hybridized carbons (Fsp3) is 0.385. The smallest absolute Gasteiger partial charge is 0.223 e. The number of rotatable bonds is 1. The molecule has 0 amide bonds. The first-order valence-corrected chi connectivity index (χ1v) is 6.24. The van der Waals surface area contributed by atoms with E-state index in [4.69, 9.17) is 0 Å². The molecule has 1 aliphatic carbocycles. The molecule has 3 heterocycles. The molecule has 2 aromatic heterocycles. The highest BCUT2D eigenvalue weighted by Crippen LogP contribution is 2.42. The van der Waals surface area contributed by atoms with Crippen molar-refractivity contribution in [2.75, 3.05) is 0 Å². The van der Waals surface area contributed by atoms with Crippen LogP contribution in [0.5, 0.6) is 5.75 Å². The maximum Gasteiger partial charge on any atom is 0.223 e. The zero-order valence-electron chi connectivity index (χ0n) is 9.83. The fourth-order valence-corrected chi connectivity index (χ4v) is 2.71. The van der Waals surface area contributed by atoms with E-state index in [0.717, 1.165) is 18.9 Å². The zero-order chi connectivity index (χ0) is 12.3. The van der Waals surface area contributed by atoms with Crippen LogP contribution in [0, 0.1) is 0 Å². The van der Waals surface area contributed by atoms with Gasteiger partial charge in [-0.15, -0.1) is 0 Å². The second kappa shape index (κ2) is 3.25. The molecule has 1 fully saturated rings. The maximum atomic E-state index is 11.6. The molecule has 18 heavy (non-hydrogen) atoms. The number of pyridine rings is 1. The molecule has 0 atom stereocenters. The van der Waals surface area contributed by atoms with Crippen LogP contribution in [-0.4, -0.2) is 19.2 Å². The van der Waals surface area contributed by atoms with Crippen molar-refractivity contribution >= 4 is 0 Å². The molecule has 0 bridgehead atoms. The SMILES string of the molecule is O=c1ccn2c(c1O)-c1ncc(C3CC3)n1CC2.